The molecule has 0 spiro atoms. The summed E-state index contributed by atoms with van der Waals surface area (Å²) in [6.07, 6.45) is 1.67. The van der Waals surface area contributed by atoms with Gasteiger partial charge in [-0.15, -0.1) is 0 Å². The van der Waals surface area contributed by atoms with Crippen LogP contribution in [0.2, 0.25) is 10.0 Å². The molecule has 33 heavy (non-hydrogen) atoms. The summed E-state index contributed by atoms with van der Waals surface area (Å²) in [6.45, 7) is 0. The third-order valence-corrected chi connectivity index (χ3v) is 5.58. The highest BCUT2D eigenvalue weighted by Gasteiger charge is 2.17. The van der Waals surface area contributed by atoms with E-state index in [0.29, 0.717) is 16.8 Å². The SMILES string of the molecule is N=c1c2cnc(Nc3ccc(C4=NNC(=O)C4)cc3)nc2[nH]c(=O)n1-c1c(Cl)cccc1Cl. The number of rotatable bonds is 4. The third kappa shape index (κ3) is 3.86. The number of hydrogen-bond acceptors (Lipinski definition) is 7. The summed E-state index contributed by atoms with van der Waals surface area (Å²) in [7, 11) is 0. The van der Waals surface area contributed by atoms with Crippen molar-refractivity contribution in [3.63, 3.8) is 0 Å². The van der Waals surface area contributed by atoms with Crippen LogP contribution in [0, 0.1) is 5.41 Å². The molecule has 0 aliphatic carbocycles. The van der Waals surface area contributed by atoms with Gasteiger partial charge in [0.05, 0.1) is 33.3 Å². The Morgan fingerprint density at radius 3 is 2.45 bits per heavy atom. The normalized spacial score (nSPS) is 13.2. The Hall–Kier alpha value is -4.02. The van der Waals surface area contributed by atoms with Crippen molar-refractivity contribution < 1.29 is 4.79 Å². The summed E-state index contributed by atoms with van der Waals surface area (Å²) in [5.41, 5.74) is 4.23. The van der Waals surface area contributed by atoms with Crippen LogP contribution in [-0.4, -0.2) is 31.1 Å². The summed E-state index contributed by atoms with van der Waals surface area (Å²) in [5.74, 6) is 0.0894. The van der Waals surface area contributed by atoms with Crippen molar-refractivity contribution in [3.8, 4) is 5.69 Å². The zero-order chi connectivity index (χ0) is 23.1. The molecule has 0 radical (unpaired) electrons. The summed E-state index contributed by atoms with van der Waals surface area (Å²) >= 11 is 12.4. The molecule has 0 atom stereocenters. The second-order valence-corrected chi connectivity index (χ2v) is 7.93. The van der Waals surface area contributed by atoms with Crippen molar-refractivity contribution >= 4 is 57.5 Å². The molecule has 1 amide bonds. The molecule has 0 bridgehead atoms. The third-order valence-electron chi connectivity index (χ3n) is 4.97. The maximum atomic E-state index is 12.8. The summed E-state index contributed by atoms with van der Waals surface area (Å²) < 4.78 is 1.08. The van der Waals surface area contributed by atoms with Crippen LogP contribution in [-0.2, 0) is 4.79 Å². The first-order chi connectivity index (χ1) is 15.9. The van der Waals surface area contributed by atoms with Crippen molar-refractivity contribution in [2.75, 3.05) is 5.32 Å². The fourth-order valence-corrected chi connectivity index (χ4v) is 3.97. The molecule has 0 saturated carbocycles. The number of amides is 1. The molecule has 0 fully saturated rings. The van der Waals surface area contributed by atoms with Crippen LogP contribution in [0.5, 0.6) is 0 Å². The Kier molecular flexibility index (Phi) is 5.15. The number of para-hydroxylation sites is 1. The monoisotopic (exact) mass is 480 g/mol. The molecule has 0 unspecified atom stereocenters. The van der Waals surface area contributed by atoms with Crippen LogP contribution in [0.1, 0.15) is 12.0 Å². The predicted octanol–water partition coefficient (Wildman–Crippen LogP) is 2.86. The van der Waals surface area contributed by atoms with Gasteiger partial charge in [-0.1, -0.05) is 41.4 Å². The number of hydrazone groups is 1. The largest absolute Gasteiger partial charge is 0.333 e. The maximum absolute atomic E-state index is 12.8. The number of aromatic nitrogens is 4. The van der Waals surface area contributed by atoms with E-state index >= 15 is 0 Å². The van der Waals surface area contributed by atoms with E-state index in [1.807, 2.05) is 12.1 Å². The highest BCUT2D eigenvalue weighted by atomic mass is 35.5. The van der Waals surface area contributed by atoms with Crippen LogP contribution in [0.4, 0.5) is 11.6 Å². The van der Waals surface area contributed by atoms with Gasteiger partial charge in [0.2, 0.25) is 11.9 Å². The number of fused-ring (bicyclic) bond motifs is 1. The lowest BCUT2D eigenvalue weighted by molar-refractivity contribution is -0.119. The number of benzene rings is 2. The minimum absolute atomic E-state index is 0.141. The van der Waals surface area contributed by atoms with Crippen molar-refractivity contribution in [1.29, 1.82) is 5.41 Å². The number of halogens is 2. The summed E-state index contributed by atoms with van der Waals surface area (Å²) in [5, 5.41) is 16.3. The van der Waals surface area contributed by atoms with Crippen LogP contribution in [0.15, 0.2) is 58.6 Å². The topological polar surface area (TPSA) is 141 Å². The lowest BCUT2D eigenvalue weighted by Crippen LogP contribution is -2.34. The molecule has 0 saturated heterocycles. The van der Waals surface area contributed by atoms with E-state index in [1.165, 1.54) is 6.20 Å². The lowest BCUT2D eigenvalue weighted by Gasteiger charge is -2.12. The lowest BCUT2D eigenvalue weighted by atomic mass is 10.1. The van der Waals surface area contributed by atoms with E-state index in [0.717, 1.165) is 10.1 Å². The van der Waals surface area contributed by atoms with Gasteiger partial charge in [0.1, 0.15) is 5.49 Å². The number of aromatic amines is 1. The number of nitrogens with one attached hydrogen (secondary N) is 4. The van der Waals surface area contributed by atoms with Gasteiger partial charge in [-0.25, -0.2) is 19.8 Å². The predicted molar refractivity (Wildman–Crippen MR) is 124 cm³/mol. The molecule has 164 valence electrons. The van der Waals surface area contributed by atoms with Crippen LogP contribution in [0.3, 0.4) is 0 Å². The van der Waals surface area contributed by atoms with Gasteiger partial charge in [-0.2, -0.15) is 10.1 Å². The molecule has 4 aromatic rings. The van der Waals surface area contributed by atoms with Crippen molar-refractivity contribution in [2.24, 2.45) is 5.10 Å². The molecule has 12 heteroatoms. The standard InChI is InChI=1S/C21H14Cl2N8O2/c22-13-2-1-3-14(23)17(13)31-18(24)12-9-25-20(27-19(12)28-21(31)33)26-11-6-4-10(5-7-11)15-8-16(32)30-29-15/h1-7,9,24H,8H2,(H,30,32)(H2,25,26,27,28,33). The van der Waals surface area contributed by atoms with Gasteiger partial charge < -0.3 is 5.32 Å². The Morgan fingerprint density at radius 1 is 1.06 bits per heavy atom. The molecule has 1 aliphatic rings. The number of hydrogen-bond donors (Lipinski definition) is 4. The molecule has 1 aliphatic heterocycles. The Labute approximate surface area is 195 Å². The number of H-pyrrole nitrogens is 1. The first kappa shape index (κ1) is 20.9. The minimum Gasteiger partial charge on any atom is -0.324 e. The van der Waals surface area contributed by atoms with Crippen molar-refractivity contribution in [3.05, 3.63) is 80.2 Å². The smallest absolute Gasteiger partial charge is 0.324 e. The molecule has 4 N–H and O–H groups in total. The molecule has 2 aromatic carbocycles. The fraction of sp³-hybridized carbons (Fsp3) is 0.0476. The Morgan fingerprint density at radius 2 is 1.79 bits per heavy atom. The van der Waals surface area contributed by atoms with E-state index in [4.69, 9.17) is 28.6 Å². The van der Waals surface area contributed by atoms with E-state index in [2.05, 4.69) is 30.8 Å². The molecule has 10 nitrogen and oxygen atoms in total. The molecule has 5 rings (SSSR count). The highest BCUT2D eigenvalue weighted by Crippen LogP contribution is 2.26. The number of nitrogens with zero attached hydrogens (tertiary/aromatic N) is 4. The molecular formula is C21H14Cl2N8O2. The van der Waals surface area contributed by atoms with Gasteiger partial charge in [0.25, 0.3) is 0 Å². The Balaban J connectivity index is 1.48. The van der Waals surface area contributed by atoms with Gasteiger partial charge in [-0.05, 0) is 29.8 Å². The van der Waals surface area contributed by atoms with Gasteiger partial charge >= 0.3 is 5.69 Å². The van der Waals surface area contributed by atoms with E-state index < -0.39 is 5.69 Å². The molecular weight excluding hydrogens is 467 g/mol. The maximum Gasteiger partial charge on any atom is 0.333 e. The minimum atomic E-state index is -0.614. The van der Waals surface area contributed by atoms with Crippen molar-refractivity contribution in [2.45, 2.75) is 6.42 Å². The van der Waals surface area contributed by atoms with Crippen LogP contribution in [0.25, 0.3) is 16.7 Å². The highest BCUT2D eigenvalue weighted by molar-refractivity contribution is 6.37. The fourth-order valence-electron chi connectivity index (χ4n) is 3.41. The average molecular weight is 481 g/mol. The zero-order valence-electron chi connectivity index (χ0n) is 16.7. The van der Waals surface area contributed by atoms with Crippen LogP contribution >= 0.6 is 23.2 Å². The van der Waals surface area contributed by atoms with Gasteiger partial charge in [0.15, 0.2) is 5.65 Å². The van der Waals surface area contributed by atoms with Gasteiger partial charge in [-0.3, -0.25) is 15.2 Å². The quantitative estimate of drug-likeness (QED) is 0.355. The zero-order valence-corrected chi connectivity index (χ0v) is 18.2. The second kappa shape index (κ2) is 8.15. The summed E-state index contributed by atoms with van der Waals surface area (Å²) in [6, 6.07) is 12.1. The van der Waals surface area contributed by atoms with Crippen LogP contribution < -0.4 is 21.9 Å². The summed E-state index contributed by atoms with van der Waals surface area (Å²) in [4.78, 5) is 35.3. The molecule has 2 aromatic heterocycles. The molecule has 3 heterocycles. The van der Waals surface area contributed by atoms with E-state index in [1.54, 1.807) is 30.3 Å². The average Bonchev–Trinajstić information content (AvgIpc) is 3.22. The first-order valence-corrected chi connectivity index (χ1v) is 10.4. The van der Waals surface area contributed by atoms with E-state index in [-0.39, 0.29) is 45.1 Å². The Bertz CT molecular complexity index is 1550. The first-order valence-electron chi connectivity index (χ1n) is 9.64. The second-order valence-electron chi connectivity index (χ2n) is 7.11. The van der Waals surface area contributed by atoms with E-state index in [9.17, 15) is 9.59 Å². The van der Waals surface area contributed by atoms with Crippen molar-refractivity contribution in [1.82, 2.24) is 24.9 Å². The number of carbonyl (C=O) groups excluding carboxylic acids is 1. The number of anilines is 2. The number of carbonyl (C=O) groups is 1. The van der Waals surface area contributed by atoms with Gasteiger partial charge in [0, 0.05) is 11.9 Å².